The van der Waals surface area contributed by atoms with Gasteiger partial charge in [0, 0.05) is 36.7 Å². The molecule has 9 aromatic rings. The van der Waals surface area contributed by atoms with Crippen LogP contribution < -0.4 is 4.78 Å². The molecule has 1 aliphatic rings. The second-order valence-corrected chi connectivity index (χ2v) is 18.3. The molecule has 0 saturated carbocycles. The zero-order valence-electron chi connectivity index (χ0n) is 30.2. The quantitative estimate of drug-likeness (QED) is 0.130. The molecular weight excluding hydrogens is 851 g/mol. The fourth-order valence-corrected chi connectivity index (χ4v) is 10.1. The Morgan fingerprint density at radius 3 is 1.26 bits per heavy atom. The molecule has 1 fully saturated rings. The summed E-state index contributed by atoms with van der Waals surface area (Å²) in [5.74, 6) is 0. The van der Waals surface area contributed by atoms with Crippen molar-refractivity contribution >= 4 is 121 Å². The zero-order chi connectivity index (χ0) is 37.2. The maximum atomic E-state index is 5.47. The summed E-state index contributed by atoms with van der Waals surface area (Å²) in [6, 6.07) is 42.1. The summed E-state index contributed by atoms with van der Waals surface area (Å²) in [5, 5.41) is 16.8. The lowest BCUT2D eigenvalue weighted by molar-refractivity contribution is 0.144. The first kappa shape index (κ1) is 37.3. The van der Waals surface area contributed by atoms with Gasteiger partial charge in [-0.15, -0.1) is 22.7 Å². The van der Waals surface area contributed by atoms with Crippen LogP contribution in [0.3, 0.4) is 0 Å². The van der Waals surface area contributed by atoms with Gasteiger partial charge >= 0.3 is 7.12 Å². The highest BCUT2D eigenvalue weighted by Gasteiger charge is 2.25. The van der Waals surface area contributed by atoms with Gasteiger partial charge in [0.25, 0.3) is 0 Å². The van der Waals surface area contributed by atoms with E-state index in [-0.39, 0.29) is 7.12 Å². The third kappa shape index (κ3) is 8.76. The predicted octanol–water partition coefficient (Wildman–Crippen LogP) is 14.8. The van der Waals surface area contributed by atoms with Crippen molar-refractivity contribution in [2.24, 2.45) is 0 Å². The average Bonchev–Trinajstić information content (AvgIpc) is 3.95. The molecular formula is C46H37BBr2O2S3. The number of halogens is 2. The second-order valence-electron chi connectivity index (χ2n) is 13.7. The highest BCUT2D eigenvalue weighted by molar-refractivity contribution is 9.10. The van der Waals surface area contributed by atoms with Crippen LogP contribution >= 0.6 is 65.9 Å². The minimum absolute atomic E-state index is 0.0996. The Hall–Kier alpha value is -3.60. The molecule has 0 unspecified atom stereocenters. The van der Waals surface area contributed by atoms with Gasteiger partial charge in [-0.3, -0.25) is 0 Å². The first-order valence-corrected chi connectivity index (χ1v) is 22.1. The Balaban J connectivity index is 0.000000126. The van der Waals surface area contributed by atoms with Crippen molar-refractivity contribution in [1.29, 1.82) is 0 Å². The number of rotatable bonds is 3. The lowest BCUT2D eigenvalue weighted by Crippen LogP contribution is -2.39. The number of fused-ring (bicyclic) bond motifs is 4. The van der Waals surface area contributed by atoms with E-state index in [9.17, 15) is 0 Å². The molecule has 0 N–H and O–H groups in total. The second kappa shape index (κ2) is 16.6. The third-order valence-electron chi connectivity index (χ3n) is 9.36. The summed E-state index contributed by atoms with van der Waals surface area (Å²) >= 11 is 12.3. The van der Waals surface area contributed by atoms with Gasteiger partial charge in [0.05, 0.1) is 0 Å². The number of aryl methyl sites for hydroxylation is 3. The van der Waals surface area contributed by atoms with Crippen LogP contribution in [-0.2, 0) is 9.31 Å². The van der Waals surface area contributed by atoms with Gasteiger partial charge in [-0.2, -0.15) is 11.3 Å². The molecule has 3 aromatic heterocycles. The van der Waals surface area contributed by atoms with Gasteiger partial charge < -0.3 is 9.31 Å². The van der Waals surface area contributed by atoms with Crippen LogP contribution in [0.5, 0.6) is 0 Å². The van der Waals surface area contributed by atoms with Crippen molar-refractivity contribution < 1.29 is 9.31 Å². The van der Waals surface area contributed by atoms with Gasteiger partial charge in [-0.05, 0) is 193 Å². The molecule has 8 heteroatoms. The number of hydrogen-bond donors (Lipinski definition) is 0. The molecule has 0 radical (unpaired) electrons. The van der Waals surface area contributed by atoms with E-state index in [0.717, 1.165) is 28.6 Å². The highest BCUT2D eigenvalue weighted by atomic mass is 79.9. The van der Waals surface area contributed by atoms with Crippen molar-refractivity contribution in [2.45, 2.75) is 27.2 Å². The summed E-state index contributed by atoms with van der Waals surface area (Å²) in [5.41, 5.74) is 6.56. The molecule has 0 bridgehead atoms. The molecule has 0 amide bonds. The molecule has 6 aromatic carbocycles. The van der Waals surface area contributed by atoms with Crippen molar-refractivity contribution in [3.05, 3.63) is 157 Å². The Bertz CT molecular complexity index is 2580. The van der Waals surface area contributed by atoms with Crippen LogP contribution in [-0.4, -0.2) is 20.3 Å². The van der Waals surface area contributed by atoms with Crippen LogP contribution in [0.25, 0.3) is 64.0 Å². The van der Waals surface area contributed by atoms with Crippen molar-refractivity contribution in [3.63, 3.8) is 0 Å². The van der Waals surface area contributed by atoms with E-state index in [1.54, 1.807) is 11.3 Å². The minimum atomic E-state index is -0.0996. The molecule has 0 atom stereocenters. The SMILES string of the molecule is Brc1ccc2cc3cc(Br)ccc3cc2c1.Cc1csc(-c2ccc3cc4cc(-c5cc(C)cs5)ccc4cc3c2)c1.Cc1csc(B2OCCCO2)c1. The summed E-state index contributed by atoms with van der Waals surface area (Å²) in [6.07, 6.45) is 1.01. The van der Waals surface area contributed by atoms with Crippen LogP contribution in [0.15, 0.2) is 140 Å². The van der Waals surface area contributed by atoms with Gasteiger partial charge in [0.15, 0.2) is 0 Å². The molecule has 1 aliphatic heterocycles. The zero-order valence-corrected chi connectivity index (χ0v) is 35.8. The van der Waals surface area contributed by atoms with E-state index in [4.69, 9.17) is 9.31 Å². The van der Waals surface area contributed by atoms with Crippen LogP contribution in [0.2, 0.25) is 0 Å². The summed E-state index contributed by atoms with van der Waals surface area (Å²) in [7, 11) is -0.0996. The summed E-state index contributed by atoms with van der Waals surface area (Å²) in [4.78, 5) is 2.68. The predicted molar refractivity (Wildman–Crippen MR) is 245 cm³/mol. The van der Waals surface area contributed by atoms with Gasteiger partial charge in [-0.25, -0.2) is 0 Å². The molecule has 10 rings (SSSR count). The normalized spacial score (nSPS) is 12.9. The highest BCUT2D eigenvalue weighted by Crippen LogP contribution is 2.34. The third-order valence-corrected chi connectivity index (χ3v) is 13.6. The topological polar surface area (TPSA) is 18.5 Å². The molecule has 4 heterocycles. The smallest absolute Gasteiger partial charge is 0.407 e. The summed E-state index contributed by atoms with van der Waals surface area (Å²) < 4.78 is 14.4. The van der Waals surface area contributed by atoms with Crippen LogP contribution in [0.4, 0.5) is 0 Å². The van der Waals surface area contributed by atoms with Gasteiger partial charge in [0.2, 0.25) is 0 Å². The van der Waals surface area contributed by atoms with Gasteiger partial charge in [0.1, 0.15) is 0 Å². The first-order chi connectivity index (χ1) is 26.2. The van der Waals surface area contributed by atoms with Crippen LogP contribution in [0.1, 0.15) is 23.1 Å². The largest absolute Gasteiger partial charge is 0.504 e. The van der Waals surface area contributed by atoms with E-state index < -0.39 is 0 Å². The van der Waals surface area contributed by atoms with E-state index >= 15 is 0 Å². The molecule has 0 aliphatic carbocycles. The molecule has 0 spiro atoms. The van der Waals surface area contributed by atoms with E-state index in [0.29, 0.717) is 0 Å². The lowest BCUT2D eigenvalue weighted by atomic mass is 9.86. The fraction of sp³-hybridized carbons (Fsp3) is 0.130. The number of benzene rings is 6. The Morgan fingerprint density at radius 1 is 0.444 bits per heavy atom. The first-order valence-electron chi connectivity index (χ1n) is 17.9. The monoisotopic (exact) mass is 886 g/mol. The molecule has 54 heavy (non-hydrogen) atoms. The van der Waals surface area contributed by atoms with Crippen LogP contribution in [0, 0.1) is 20.8 Å². The fourth-order valence-electron chi connectivity index (χ4n) is 6.64. The number of hydrogen-bond acceptors (Lipinski definition) is 5. The standard InChI is InChI=1S/C24H18S2.C14H8Br2.C8H11BO2S/c1-15-7-23(25-13-15)19-5-3-17-10-22-12-20(24-8-16(2)14-26-24)6-4-18(22)9-21(17)11-19;15-13-3-1-9-5-12-8-14(16)4-2-10(12)6-11(9)7-13;1-7-5-8(12-6-7)9-10-3-2-4-11-9/h3-14H,1-2H3;1-8H;5-6H,2-4H2,1H3. The number of thiophene rings is 3. The van der Waals surface area contributed by atoms with E-state index in [2.05, 4.69) is 184 Å². The minimum Gasteiger partial charge on any atom is -0.407 e. The molecule has 268 valence electrons. The maximum Gasteiger partial charge on any atom is 0.504 e. The Labute approximate surface area is 345 Å². The van der Waals surface area contributed by atoms with Crippen molar-refractivity contribution in [1.82, 2.24) is 0 Å². The summed E-state index contributed by atoms with van der Waals surface area (Å²) in [6.45, 7) is 8.04. The maximum absolute atomic E-state index is 5.47. The average molecular weight is 889 g/mol. The molecule has 2 nitrogen and oxygen atoms in total. The lowest BCUT2D eigenvalue weighted by Gasteiger charge is -2.18. The Kier molecular flexibility index (Phi) is 11.5. The van der Waals surface area contributed by atoms with Gasteiger partial charge in [-0.1, -0.05) is 68.3 Å². The molecule has 1 saturated heterocycles. The van der Waals surface area contributed by atoms with Crippen molar-refractivity contribution in [3.8, 4) is 20.9 Å². The van der Waals surface area contributed by atoms with E-state index in [1.807, 2.05) is 22.7 Å². The van der Waals surface area contributed by atoms with E-state index in [1.165, 1.54) is 85.4 Å². The van der Waals surface area contributed by atoms with Crippen molar-refractivity contribution in [2.75, 3.05) is 13.2 Å². The Morgan fingerprint density at radius 2 is 0.852 bits per heavy atom.